The van der Waals surface area contributed by atoms with Crippen molar-refractivity contribution in [3.05, 3.63) is 12.7 Å². The summed E-state index contributed by atoms with van der Waals surface area (Å²) in [5.74, 6) is 0. The van der Waals surface area contributed by atoms with Gasteiger partial charge in [0.2, 0.25) is 0 Å². The van der Waals surface area contributed by atoms with E-state index in [1.165, 1.54) is 14.2 Å². The highest BCUT2D eigenvalue weighted by Crippen LogP contribution is 2.17. The molecular weight excluding hydrogens is 479 g/mol. The van der Waals surface area contributed by atoms with Crippen LogP contribution in [0.3, 0.4) is 0 Å². The first-order chi connectivity index (χ1) is 15.6. The monoisotopic (exact) mass is 536 g/mol. The molecule has 0 bridgehead atoms. The average Bonchev–Trinajstić information content (AvgIpc) is 2.76. The summed E-state index contributed by atoms with van der Waals surface area (Å²) in [4.78, 5) is 0. The lowest BCUT2D eigenvalue weighted by atomic mass is 10.0. The Morgan fingerprint density at radius 2 is 1.17 bits per heavy atom. The van der Waals surface area contributed by atoms with Crippen LogP contribution in [0, 0.1) is 0 Å². The van der Waals surface area contributed by atoms with Gasteiger partial charge in [-0.15, -0.1) is 6.58 Å². The van der Waals surface area contributed by atoms with Crippen LogP contribution in [0.4, 0.5) is 0 Å². The molecule has 0 fully saturated rings. The lowest BCUT2D eigenvalue weighted by Crippen LogP contribution is -2.21. The molecule has 178 valence electrons. The fraction of sp³-hybridized carbons (Fsp3) is 0.917. The summed E-state index contributed by atoms with van der Waals surface area (Å²) in [5, 5.41) is 8.56. The van der Waals surface area contributed by atoms with Gasteiger partial charge in [0, 0.05) is 36.2 Å². The Morgan fingerprint density at radius 1 is 0.793 bits per heavy atom. The van der Waals surface area contributed by atoms with Gasteiger partial charge < -0.3 is 19.3 Å². The van der Waals surface area contributed by atoms with Crippen molar-refractivity contribution >= 4 is 22.6 Å². The Labute approximate surface area is 204 Å². The van der Waals surface area contributed by atoms with Crippen LogP contribution < -0.4 is 0 Å². The predicted octanol–water partition coefficient (Wildman–Crippen LogP) is 6.97. The third-order valence-electron chi connectivity index (χ3n) is 3.95. The molecule has 5 heteroatoms. The molecule has 0 aliphatic heterocycles. The maximum atomic E-state index is 8.56. The van der Waals surface area contributed by atoms with E-state index in [0.29, 0.717) is 25.7 Å². The van der Waals surface area contributed by atoms with E-state index in [2.05, 4.69) is 29.2 Å². The molecule has 0 unspecified atom stereocenters. The quantitative estimate of drug-likeness (QED) is 0.148. The molecular formula is C24H51IO4. The van der Waals surface area contributed by atoms with E-state index in [4.69, 9.17) is 27.5 Å². The molecule has 0 saturated heterocycles. The van der Waals surface area contributed by atoms with Gasteiger partial charge in [0.05, 0.1) is 16.8 Å². The van der Waals surface area contributed by atoms with Crippen molar-refractivity contribution in [3.8, 4) is 0 Å². The number of alkyl halides is 1. The molecule has 29 heavy (non-hydrogen) atoms. The molecule has 0 atom stereocenters. The molecule has 0 aromatic heterocycles. The Balaban J connectivity index is -0.000000439. The molecule has 0 aliphatic rings. The van der Waals surface area contributed by atoms with E-state index in [-0.39, 0.29) is 6.61 Å². The van der Waals surface area contributed by atoms with Gasteiger partial charge >= 0.3 is 0 Å². The Bertz CT molecular complexity index is 538. The fourth-order valence-corrected chi connectivity index (χ4v) is 1.84. The molecule has 0 radical (unpaired) electrons. The van der Waals surface area contributed by atoms with Crippen LogP contribution in [0.15, 0.2) is 12.7 Å². The Hall–Kier alpha value is 0.310. The second-order valence-electron chi connectivity index (χ2n) is 7.79. The van der Waals surface area contributed by atoms with Crippen LogP contribution >= 0.6 is 22.6 Å². The van der Waals surface area contributed by atoms with Crippen molar-refractivity contribution in [2.24, 2.45) is 0 Å². The van der Waals surface area contributed by atoms with E-state index >= 15 is 0 Å². The first kappa shape index (κ1) is 22.5. The van der Waals surface area contributed by atoms with Gasteiger partial charge in [-0.25, -0.2) is 0 Å². The van der Waals surface area contributed by atoms with Crippen LogP contribution in [0.2, 0.25) is 0 Å². The van der Waals surface area contributed by atoms with Crippen molar-refractivity contribution in [3.63, 3.8) is 0 Å². The van der Waals surface area contributed by atoms with E-state index in [1.807, 2.05) is 0 Å². The molecule has 4 nitrogen and oxygen atoms in total. The summed E-state index contributed by atoms with van der Waals surface area (Å²) < 4.78 is 62.3. The smallest absolute Gasteiger partial charge is 0.0625 e. The van der Waals surface area contributed by atoms with Gasteiger partial charge in [-0.05, 0) is 97.2 Å². The lowest BCUT2D eigenvalue weighted by molar-refractivity contribution is 0.0126. The van der Waals surface area contributed by atoms with Crippen LogP contribution in [-0.2, 0) is 14.2 Å². The number of allylic oxidation sites excluding steroid dienone is 1. The molecule has 0 aromatic rings. The molecule has 0 spiro atoms. The third kappa shape index (κ3) is 28.3. The summed E-state index contributed by atoms with van der Waals surface area (Å²) >= 11 is 2.26. The van der Waals surface area contributed by atoms with Crippen LogP contribution in [0.5, 0.6) is 0 Å². The number of hydrogen-bond acceptors (Lipinski definition) is 4. The molecule has 0 rings (SSSR count). The lowest BCUT2D eigenvalue weighted by Gasteiger charge is -2.22. The zero-order chi connectivity index (χ0) is 28.8. The standard InChI is InChI=1S/C8H17IO.C8H18O2.C8H16O/c2*1-8(2,10-3)6-4-5-7-9;1-5-6-7-8(2,3)9-4/h4-7H2,1-3H3;9H,4-7H2,1-3H3;5H,1,6-7H2,2-4H3/i2*6D2;7D2. The predicted molar refractivity (Wildman–Crippen MR) is 136 cm³/mol. The number of methoxy groups -OCH3 is 3. The average molecular weight is 537 g/mol. The Morgan fingerprint density at radius 3 is 1.48 bits per heavy atom. The highest BCUT2D eigenvalue weighted by molar-refractivity contribution is 14.1. The summed E-state index contributed by atoms with van der Waals surface area (Å²) in [6.07, 6.45) is 0.191. The second kappa shape index (κ2) is 20.2. The third-order valence-corrected chi connectivity index (χ3v) is 4.71. The molecule has 0 aromatic carbocycles. The summed E-state index contributed by atoms with van der Waals surface area (Å²) in [7, 11) is 4.57. The van der Waals surface area contributed by atoms with Gasteiger partial charge in [0.1, 0.15) is 0 Å². The highest BCUT2D eigenvalue weighted by Gasteiger charge is 2.15. The highest BCUT2D eigenvalue weighted by atomic mass is 127. The van der Waals surface area contributed by atoms with Gasteiger partial charge in [0.15, 0.2) is 0 Å². The Kier molecular flexibility index (Phi) is 15.7. The number of hydrogen-bond donors (Lipinski definition) is 1. The second-order valence-corrected chi connectivity index (χ2v) is 8.86. The first-order valence-corrected chi connectivity index (χ1v) is 11.6. The van der Waals surface area contributed by atoms with Gasteiger partial charge in [-0.1, -0.05) is 28.7 Å². The molecule has 0 saturated carbocycles. The first-order valence-electron chi connectivity index (χ1n) is 13.0. The molecule has 0 aliphatic carbocycles. The molecule has 1 N–H and O–H groups in total. The van der Waals surface area contributed by atoms with E-state index in [9.17, 15) is 0 Å². The normalized spacial score (nSPS) is 16.4. The minimum absolute atomic E-state index is 0.0271. The number of halogens is 1. The zero-order valence-corrected chi connectivity index (χ0v) is 22.4. The minimum atomic E-state index is -1.38. The number of rotatable bonds is 14. The SMILES string of the molecule is [2H]C([2H])(CC=C)C(C)(C)OC.[2H]C([2H])(CCCI)C(C)(C)OC.[2H]C([2H])(CCCO)C(C)(C)OC. The fourth-order valence-electron chi connectivity index (χ4n) is 1.46. The van der Waals surface area contributed by atoms with Crippen LogP contribution in [0.1, 0.15) is 101 Å². The zero-order valence-electron chi connectivity index (χ0n) is 26.3. The number of ether oxygens (including phenoxy) is 3. The van der Waals surface area contributed by atoms with Crippen molar-refractivity contribution in [1.82, 2.24) is 0 Å². The summed E-state index contributed by atoms with van der Waals surface area (Å²) in [6.45, 7) is 14.0. The minimum Gasteiger partial charge on any atom is -0.396 e. The summed E-state index contributed by atoms with van der Waals surface area (Å²) in [5.41, 5.74) is -2.22. The number of aliphatic hydroxyl groups excluding tert-OH is 1. The maximum absolute atomic E-state index is 8.56. The van der Waals surface area contributed by atoms with E-state index in [1.54, 1.807) is 54.7 Å². The number of aliphatic hydroxyl groups is 1. The molecule has 0 amide bonds. The topological polar surface area (TPSA) is 47.9 Å². The van der Waals surface area contributed by atoms with Crippen molar-refractivity contribution in [1.29, 1.82) is 0 Å². The van der Waals surface area contributed by atoms with Gasteiger partial charge in [0.25, 0.3) is 0 Å². The van der Waals surface area contributed by atoms with E-state index < -0.39 is 35.9 Å². The van der Waals surface area contributed by atoms with Crippen molar-refractivity contribution in [2.75, 3.05) is 32.4 Å². The van der Waals surface area contributed by atoms with E-state index in [0.717, 1.165) is 10.8 Å². The van der Waals surface area contributed by atoms with Gasteiger partial charge in [-0.2, -0.15) is 0 Å². The largest absolute Gasteiger partial charge is 0.396 e. The van der Waals surface area contributed by atoms with Gasteiger partial charge in [-0.3, -0.25) is 0 Å². The van der Waals surface area contributed by atoms with Crippen molar-refractivity contribution in [2.45, 2.75) is 110 Å². The summed E-state index contributed by atoms with van der Waals surface area (Å²) in [6, 6.07) is 0. The van der Waals surface area contributed by atoms with Crippen LogP contribution in [0.25, 0.3) is 0 Å². The molecule has 0 heterocycles. The maximum Gasteiger partial charge on any atom is 0.0625 e. The van der Waals surface area contributed by atoms with Crippen molar-refractivity contribution < 1.29 is 27.5 Å². The van der Waals surface area contributed by atoms with Crippen LogP contribution in [-0.4, -0.2) is 54.3 Å².